The van der Waals surface area contributed by atoms with Gasteiger partial charge in [-0.25, -0.2) is 9.59 Å². The number of urea groups is 1. The third kappa shape index (κ3) is 12.7. The summed E-state index contributed by atoms with van der Waals surface area (Å²) in [6.45, 7) is 4.43. The Balaban J connectivity index is 1.06. The minimum Gasteiger partial charge on any atom is -0.465 e. The quantitative estimate of drug-likeness (QED) is 0.0868. The third-order valence-electron chi connectivity index (χ3n) is 7.47. The van der Waals surface area contributed by atoms with Gasteiger partial charge in [0.2, 0.25) is 0 Å². The molecule has 0 atom stereocenters. The molecule has 0 heterocycles. The molecule has 0 unspecified atom stereocenters. The van der Waals surface area contributed by atoms with Gasteiger partial charge in [-0.2, -0.15) is 0 Å². The number of hydrogen-bond acceptors (Lipinski definition) is 6. The summed E-state index contributed by atoms with van der Waals surface area (Å²) in [5.41, 5.74) is 7.75. The van der Waals surface area contributed by atoms with Crippen LogP contribution in [0.4, 0.5) is 21.0 Å². The number of hydrogen-bond donors (Lipinski definition) is 3. The molecule has 0 bridgehead atoms. The molecular weight excluding hydrogens is 606 g/mol. The maximum atomic E-state index is 12.3. The van der Waals surface area contributed by atoms with Crippen molar-refractivity contribution in [3.63, 3.8) is 0 Å². The highest BCUT2D eigenvalue weighted by Crippen LogP contribution is 2.17. The van der Waals surface area contributed by atoms with E-state index < -0.39 is 6.09 Å². The van der Waals surface area contributed by atoms with E-state index in [0.29, 0.717) is 56.8 Å². The van der Waals surface area contributed by atoms with Gasteiger partial charge in [0.25, 0.3) is 0 Å². The van der Waals surface area contributed by atoms with Crippen LogP contribution < -0.4 is 16.0 Å². The standard InChI is InChI=1S/C39H43N3O6/c1-3-47-39(46)42-36-20-16-33(17-21-36)26-32-14-18-35(19-15-32)41-38(45)40-22-4-5-23-48-37(44)27-34-12-10-31(11-13-34)25-30-8-6-29(7-9-30)24-28(2)43/h6-21H,3-5,22-27H2,1-2H3,(H,42,46)(H2,40,41,45). The van der Waals surface area contributed by atoms with E-state index in [0.717, 1.165) is 34.2 Å². The SMILES string of the molecule is CCOC(=O)Nc1ccc(Cc2ccc(NC(=O)NCCCCOC(=O)Cc3ccc(Cc4ccc(CC(C)=O)cc4)cc3)cc2)cc1. The Morgan fingerprint density at radius 2 is 1.02 bits per heavy atom. The van der Waals surface area contributed by atoms with Crippen LogP contribution in [-0.2, 0) is 44.7 Å². The molecule has 3 amide bonds. The van der Waals surface area contributed by atoms with Gasteiger partial charge in [0.15, 0.2) is 0 Å². The van der Waals surface area contributed by atoms with Gasteiger partial charge in [0.05, 0.1) is 19.6 Å². The van der Waals surface area contributed by atoms with Crippen LogP contribution in [0.5, 0.6) is 0 Å². The number of anilines is 2. The average Bonchev–Trinajstić information content (AvgIpc) is 3.06. The van der Waals surface area contributed by atoms with Crippen LogP contribution in [0.15, 0.2) is 97.1 Å². The summed E-state index contributed by atoms with van der Waals surface area (Å²) in [7, 11) is 0. The summed E-state index contributed by atoms with van der Waals surface area (Å²) in [5.74, 6) is -0.126. The normalized spacial score (nSPS) is 10.5. The molecule has 0 aliphatic carbocycles. The number of carbonyl (C=O) groups is 4. The molecule has 0 saturated carbocycles. The number of amides is 3. The minimum absolute atomic E-state index is 0.151. The van der Waals surface area contributed by atoms with E-state index in [4.69, 9.17) is 9.47 Å². The Bertz CT molecular complexity index is 1630. The number of unbranched alkanes of at least 4 members (excludes halogenated alkanes) is 1. The van der Waals surface area contributed by atoms with E-state index in [1.165, 1.54) is 5.56 Å². The number of rotatable bonds is 16. The Labute approximate surface area is 282 Å². The highest BCUT2D eigenvalue weighted by atomic mass is 16.5. The molecule has 3 N–H and O–H groups in total. The van der Waals surface area contributed by atoms with Crippen molar-refractivity contribution in [3.05, 3.63) is 130 Å². The first-order valence-corrected chi connectivity index (χ1v) is 16.2. The van der Waals surface area contributed by atoms with Crippen molar-refractivity contribution in [1.82, 2.24) is 5.32 Å². The maximum Gasteiger partial charge on any atom is 0.411 e. The second-order valence-corrected chi connectivity index (χ2v) is 11.6. The Hall–Kier alpha value is -5.44. The molecular formula is C39H43N3O6. The van der Waals surface area contributed by atoms with E-state index in [-0.39, 0.29) is 24.2 Å². The zero-order valence-corrected chi connectivity index (χ0v) is 27.6. The van der Waals surface area contributed by atoms with Crippen molar-refractivity contribution >= 4 is 35.3 Å². The molecule has 48 heavy (non-hydrogen) atoms. The van der Waals surface area contributed by atoms with Gasteiger partial charge in [-0.05, 0) is 97.2 Å². The molecule has 9 heteroatoms. The first kappa shape index (κ1) is 35.4. The summed E-state index contributed by atoms with van der Waals surface area (Å²) in [6, 6.07) is 30.9. The molecule has 0 fully saturated rings. The average molecular weight is 650 g/mol. The van der Waals surface area contributed by atoms with Gasteiger partial charge in [0, 0.05) is 24.3 Å². The largest absolute Gasteiger partial charge is 0.465 e. The Morgan fingerprint density at radius 3 is 1.52 bits per heavy atom. The minimum atomic E-state index is -0.476. The fourth-order valence-electron chi connectivity index (χ4n) is 5.01. The van der Waals surface area contributed by atoms with E-state index in [1.807, 2.05) is 97.1 Å². The number of ketones is 1. The number of nitrogens with one attached hydrogen (secondary N) is 3. The predicted molar refractivity (Wildman–Crippen MR) is 187 cm³/mol. The lowest BCUT2D eigenvalue weighted by Crippen LogP contribution is -2.29. The van der Waals surface area contributed by atoms with Gasteiger partial charge in [-0.1, -0.05) is 72.8 Å². The molecule has 250 valence electrons. The number of ether oxygens (including phenoxy) is 2. The van der Waals surface area contributed by atoms with Crippen LogP contribution in [0.2, 0.25) is 0 Å². The lowest BCUT2D eigenvalue weighted by Gasteiger charge is -2.10. The zero-order chi connectivity index (χ0) is 34.1. The first-order valence-electron chi connectivity index (χ1n) is 16.2. The van der Waals surface area contributed by atoms with Gasteiger partial charge in [-0.15, -0.1) is 0 Å². The molecule has 4 aromatic rings. The second kappa shape index (κ2) is 18.6. The molecule has 0 radical (unpaired) electrons. The molecule has 0 aliphatic rings. The fraction of sp³-hybridized carbons (Fsp3) is 0.282. The van der Waals surface area contributed by atoms with Crippen molar-refractivity contribution in [2.45, 2.75) is 52.4 Å². The topological polar surface area (TPSA) is 123 Å². The Kier molecular flexibility index (Phi) is 13.8. The lowest BCUT2D eigenvalue weighted by atomic mass is 10.0. The highest BCUT2D eigenvalue weighted by Gasteiger charge is 2.07. The molecule has 0 aromatic heterocycles. The molecule has 0 spiro atoms. The lowest BCUT2D eigenvalue weighted by molar-refractivity contribution is -0.143. The maximum absolute atomic E-state index is 12.3. The third-order valence-corrected chi connectivity index (χ3v) is 7.47. The van der Waals surface area contributed by atoms with Crippen LogP contribution in [0, 0.1) is 0 Å². The van der Waals surface area contributed by atoms with Crippen molar-refractivity contribution < 1.29 is 28.7 Å². The predicted octanol–water partition coefficient (Wildman–Crippen LogP) is 7.26. The summed E-state index contributed by atoms with van der Waals surface area (Å²) in [6.07, 6.45) is 3.00. The van der Waals surface area contributed by atoms with Crippen molar-refractivity contribution in [2.24, 2.45) is 0 Å². The van der Waals surface area contributed by atoms with Crippen LogP contribution >= 0.6 is 0 Å². The Morgan fingerprint density at radius 1 is 0.562 bits per heavy atom. The summed E-state index contributed by atoms with van der Waals surface area (Å²) >= 11 is 0. The van der Waals surface area contributed by atoms with Gasteiger partial charge < -0.3 is 20.1 Å². The molecule has 9 nitrogen and oxygen atoms in total. The summed E-state index contributed by atoms with van der Waals surface area (Å²) < 4.78 is 10.3. The molecule has 4 rings (SSSR count). The summed E-state index contributed by atoms with van der Waals surface area (Å²) in [5, 5.41) is 8.34. The van der Waals surface area contributed by atoms with E-state index in [9.17, 15) is 19.2 Å². The van der Waals surface area contributed by atoms with Crippen LogP contribution in [0.25, 0.3) is 0 Å². The molecule has 0 saturated heterocycles. The van der Waals surface area contributed by atoms with Gasteiger partial charge >= 0.3 is 18.1 Å². The highest BCUT2D eigenvalue weighted by molar-refractivity contribution is 5.89. The summed E-state index contributed by atoms with van der Waals surface area (Å²) in [4.78, 5) is 47.4. The zero-order valence-electron chi connectivity index (χ0n) is 27.6. The van der Waals surface area contributed by atoms with Crippen LogP contribution in [0.3, 0.4) is 0 Å². The number of esters is 1. The van der Waals surface area contributed by atoms with Gasteiger partial charge in [0.1, 0.15) is 5.78 Å². The number of benzene rings is 4. The smallest absolute Gasteiger partial charge is 0.411 e. The number of carbonyl (C=O) groups excluding carboxylic acids is 4. The van der Waals surface area contributed by atoms with Crippen LogP contribution in [0.1, 0.15) is 60.1 Å². The fourth-order valence-corrected chi connectivity index (χ4v) is 5.01. The van der Waals surface area contributed by atoms with Crippen molar-refractivity contribution in [2.75, 3.05) is 30.4 Å². The van der Waals surface area contributed by atoms with Crippen molar-refractivity contribution in [1.29, 1.82) is 0 Å². The molecule has 4 aromatic carbocycles. The van der Waals surface area contributed by atoms with Gasteiger partial charge in [-0.3, -0.25) is 14.9 Å². The van der Waals surface area contributed by atoms with E-state index in [2.05, 4.69) is 16.0 Å². The number of Topliss-reactive ketones (excluding diaryl/α,β-unsaturated/α-hetero) is 1. The molecule has 0 aliphatic heterocycles. The monoisotopic (exact) mass is 649 g/mol. The van der Waals surface area contributed by atoms with Crippen LogP contribution in [-0.4, -0.2) is 43.6 Å². The first-order chi connectivity index (χ1) is 23.2. The van der Waals surface area contributed by atoms with E-state index in [1.54, 1.807) is 13.8 Å². The second-order valence-electron chi connectivity index (χ2n) is 11.6. The van der Waals surface area contributed by atoms with E-state index >= 15 is 0 Å². The van der Waals surface area contributed by atoms with Crippen molar-refractivity contribution in [3.8, 4) is 0 Å².